The van der Waals surface area contributed by atoms with E-state index in [1.54, 1.807) is 0 Å². The molecule has 0 aliphatic carbocycles. The molecule has 0 rings (SSSR count). The summed E-state index contributed by atoms with van der Waals surface area (Å²) in [5.74, 6) is -0.878. The normalized spacial score (nSPS) is 12.7. The van der Waals surface area contributed by atoms with Crippen LogP contribution in [0.25, 0.3) is 0 Å². The Bertz CT molecular complexity index is 1590. The summed E-state index contributed by atoms with van der Waals surface area (Å²) in [5.41, 5.74) is 0. The zero-order chi connectivity index (χ0) is 59.2. The zero-order valence-electron chi connectivity index (χ0n) is 54.2. The van der Waals surface area contributed by atoms with Crippen molar-refractivity contribution in [3.63, 3.8) is 0 Å². The van der Waals surface area contributed by atoms with Gasteiger partial charge in [-0.3, -0.25) is 14.4 Å². The molecule has 0 fully saturated rings. The lowest BCUT2D eigenvalue weighted by Crippen LogP contribution is -2.30. The van der Waals surface area contributed by atoms with Gasteiger partial charge in [-0.25, -0.2) is 0 Å². The summed E-state index contributed by atoms with van der Waals surface area (Å²) in [4.78, 5) is 38.3. The Labute approximate surface area is 508 Å². The van der Waals surface area contributed by atoms with Gasteiger partial charge in [0.05, 0.1) is 0 Å². The molecule has 0 amide bonds. The molecule has 0 N–H and O–H groups in total. The van der Waals surface area contributed by atoms with Crippen molar-refractivity contribution in [2.45, 2.75) is 354 Å². The van der Waals surface area contributed by atoms with E-state index in [0.717, 1.165) is 109 Å². The van der Waals surface area contributed by atoms with Crippen LogP contribution in [0.3, 0.4) is 0 Å². The summed E-state index contributed by atoms with van der Waals surface area (Å²) >= 11 is 0. The summed E-state index contributed by atoms with van der Waals surface area (Å²) in [5, 5.41) is 0. The number of esters is 3. The Morgan fingerprint density at radius 3 is 0.805 bits per heavy atom. The lowest BCUT2D eigenvalue weighted by molar-refractivity contribution is -0.167. The molecule has 0 aliphatic rings. The Kier molecular flexibility index (Phi) is 66.7. The molecule has 0 aliphatic heterocycles. The highest BCUT2D eigenvalue weighted by Gasteiger charge is 2.19. The maximum absolute atomic E-state index is 12.9. The molecule has 6 nitrogen and oxygen atoms in total. The van der Waals surface area contributed by atoms with Gasteiger partial charge in [0.15, 0.2) is 6.10 Å². The van der Waals surface area contributed by atoms with E-state index in [-0.39, 0.29) is 31.1 Å². The molecular weight excluding hydrogens is 1010 g/mol. The van der Waals surface area contributed by atoms with Crippen LogP contribution in [0.2, 0.25) is 0 Å². The van der Waals surface area contributed by atoms with E-state index < -0.39 is 6.10 Å². The number of allylic oxidation sites excluding steroid dienone is 16. The molecular formula is C76H132O6. The standard InChI is InChI=1S/C76H132O6/c1-4-7-10-13-16-19-22-24-26-28-30-32-34-35-36-37-38-39-40-41-43-44-46-48-50-52-54-57-60-63-66-69-75(78)81-72-73(71-80-74(77)68-65-62-59-56-21-18-15-12-9-6-3)82-76(79)70-67-64-61-58-55-53-51-49-47-45-42-33-31-29-27-25-23-20-17-14-11-8-5-2/h7,10,12,15-16,19,24,26,29-32,35-36,38-39,73H,4-6,8-9,11,13-14,17-18,20-23,25,27-28,33-34,37,40-72H2,1-3H3/b10-7-,15-12-,19-16-,26-24-,31-29-,32-30-,36-35-,39-38-. The number of carbonyl (C=O) groups is 3. The second-order valence-corrected chi connectivity index (χ2v) is 23.4. The molecule has 0 bridgehead atoms. The summed E-state index contributed by atoms with van der Waals surface area (Å²) in [6, 6.07) is 0. The molecule has 1 unspecified atom stereocenters. The third-order valence-corrected chi connectivity index (χ3v) is 15.3. The van der Waals surface area contributed by atoms with Gasteiger partial charge in [0.1, 0.15) is 13.2 Å². The lowest BCUT2D eigenvalue weighted by Gasteiger charge is -2.18. The largest absolute Gasteiger partial charge is 0.462 e. The van der Waals surface area contributed by atoms with Crippen molar-refractivity contribution in [3.8, 4) is 0 Å². The second kappa shape index (κ2) is 69.8. The maximum Gasteiger partial charge on any atom is 0.306 e. The SMILES string of the molecule is CC/C=C\C/C=C\C/C=C\C/C=C\C/C=C\C/C=C\CCCCCCCCCCCCCCC(=O)OCC(COC(=O)CCCCCCC/C=C\CCC)OC(=O)CCCCCCCCCCCCC/C=C\CCCCCCCCCC. The Balaban J connectivity index is 4.18. The van der Waals surface area contributed by atoms with E-state index in [9.17, 15) is 14.4 Å². The molecule has 82 heavy (non-hydrogen) atoms. The summed E-state index contributed by atoms with van der Waals surface area (Å²) in [6.45, 7) is 6.49. The van der Waals surface area contributed by atoms with Gasteiger partial charge in [-0.2, -0.15) is 0 Å². The van der Waals surface area contributed by atoms with Crippen LogP contribution in [0.5, 0.6) is 0 Å². The third-order valence-electron chi connectivity index (χ3n) is 15.3. The molecule has 1 atom stereocenters. The topological polar surface area (TPSA) is 78.9 Å². The number of hydrogen-bond acceptors (Lipinski definition) is 6. The van der Waals surface area contributed by atoms with Crippen molar-refractivity contribution in [1.82, 2.24) is 0 Å². The number of ether oxygens (including phenoxy) is 3. The van der Waals surface area contributed by atoms with E-state index in [1.807, 2.05) is 0 Å². The number of hydrogen-bond donors (Lipinski definition) is 0. The van der Waals surface area contributed by atoms with Crippen LogP contribution in [0.15, 0.2) is 97.2 Å². The van der Waals surface area contributed by atoms with Gasteiger partial charge < -0.3 is 14.2 Å². The summed E-state index contributed by atoms with van der Waals surface area (Å²) in [7, 11) is 0. The quantitative estimate of drug-likeness (QED) is 0.0261. The fourth-order valence-corrected chi connectivity index (χ4v) is 10.0. The highest BCUT2D eigenvalue weighted by Crippen LogP contribution is 2.17. The summed E-state index contributed by atoms with van der Waals surface area (Å²) in [6.07, 6.45) is 94.5. The molecule has 6 heteroatoms. The van der Waals surface area contributed by atoms with Crippen molar-refractivity contribution in [2.24, 2.45) is 0 Å². The van der Waals surface area contributed by atoms with Gasteiger partial charge in [0.25, 0.3) is 0 Å². The minimum absolute atomic E-state index is 0.0789. The van der Waals surface area contributed by atoms with Crippen molar-refractivity contribution in [2.75, 3.05) is 13.2 Å². The van der Waals surface area contributed by atoms with E-state index in [0.29, 0.717) is 19.3 Å². The highest BCUT2D eigenvalue weighted by molar-refractivity contribution is 5.71. The van der Waals surface area contributed by atoms with Crippen LogP contribution in [0.1, 0.15) is 348 Å². The number of unbranched alkanes of at least 4 members (excludes halogenated alkanes) is 37. The monoisotopic (exact) mass is 1140 g/mol. The van der Waals surface area contributed by atoms with Crippen molar-refractivity contribution < 1.29 is 28.6 Å². The van der Waals surface area contributed by atoms with Crippen LogP contribution < -0.4 is 0 Å². The first-order chi connectivity index (χ1) is 40.5. The van der Waals surface area contributed by atoms with Crippen LogP contribution in [0.4, 0.5) is 0 Å². The zero-order valence-corrected chi connectivity index (χ0v) is 54.2. The predicted molar refractivity (Wildman–Crippen MR) is 357 cm³/mol. The van der Waals surface area contributed by atoms with E-state index in [4.69, 9.17) is 14.2 Å². The molecule has 0 aromatic rings. The van der Waals surface area contributed by atoms with Gasteiger partial charge in [-0.05, 0) is 116 Å². The number of rotatable bonds is 64. The summed E-state index contributed by atoms with van der Waals surface area (Å²) < 4.78 is 16.9. The van der Waals surface area contributed by atoms with Crippen LogP contribution in [-0.4, -0.2) is 37.2 Å². The van der Waals surface area contributed by atoms with E-state index >= 15 is 0 Å². The maximum atomic E-state index is 12.9. The van der Waals surface area contributed by atoms with Crippen molar-refractivity contribution >= 4 is 17.9 Å². The molecule has 0 saturated heterocycles. The molecule has 0 spiro atoms. The van der Waals surface area contributed by atoms with Gasteiger partial charge in [-0.1, -0.05) is 311 Å². The first-order valence-corrected chi connectivity index (χ1v) is 35.2. The van der Waals surface area contributed by atoms with Gasteiger partial charge in [0, 0.05) is 19.3 Å². The molecule has 472 valence electrons. The predicted octanol–water partition coefficient (Wildman–Crippen LogP) is 24.4. The Hall–Kier alpha value is -3.67. The van der Waals surface area contributed by atoms with Gasteiger partial charge in [-0.15, -0.1) is 0 Å². The second-order valence-electron chi connectivity index (χ2n) is 23.4. The molecule has 0 heterocycles. The smallest absolute Gasteiger partial charge is 0.306 e. The molecule has 0 radical (unpaired) electrons. The number of carbonyl (C=O) groups excluding carboxylic acids is 3. The molecule has 0 aromatic carbocycles. The average Bonchev–Trinajstić information content (AvgIpc) is 3.47. The molecule has 0 aromatic heterocycles. The van der Waals surface area contributed by atoms with E-state index in [1.165, 1.54) is 199 Å². The lowest BCUT2D eigenvalue weighted by atomic mass is 10.0. The fraction of sp³-hybridized carbons (Fsp3) is 0.750. The van der Waals surface area contributed by atoms with Crippen molar-refractivity contribution in [3.05, 3.63) is 97.2 Å². The van der Waals surface area contributed by atoms with E-state index in [2.05, 4.69) is 118 Å². The van der Waals surface area contributed by atoms with Crippen molar-refractivity contribution in [1.29, 1.82) is 0 Å². The van der Waals surface area contributed by atoms with Crippen LogP contribution in [0, 0.1) is 0 Å². The minimum atomic E-state index is -0.782. The minimum Gasteiger partial charge on any atom is -0.462 e. The third kappa shape index (κ3) is 67.1. The first kappa shape index (κ1) is 78.3. The highest BCUT2D eigenvalue weighted by atomic mass is 16.6. The average molecular weight is 1140 g/mol. The first-order valence-electron chi connectivity index (χ1n) is 35.2. The fourth-order valence-electron chi connectivity index (χ4n) is 10.0. The Morgan fingerprint density at radius 1 is 0.256 bits per heavy atom. The van der Waals surface area contributed by atoms with Crippen LogP contribution in [-0.2, 0) is 28.6 Å². The van der Waals surface area contributed by atoms with Gasteiger partial charge in [0.2, 0.25) is 0 Å². The van der Waals surface area contributed by atoms with Crippen LogP contribution >= 0.6 is 0 Å². The van der Waals surface area contributed by atoms with Gasteiger partial charge >= 0.3 is 17.9 Å². The molecule has 0 saturated carbocycles. The Morgan fingerprint density at radius 2 is 0.500 bits per heavy atom.